The van der Waals surface area contributed by atoms with E-state index in [-0.39, 0.29) is 0 Å². The van der Waals surface area contributed by atoms with Crippen LogP contribution < -0.4 is 5.32 Å². The maximum Gasteiger partial charge on any atom is 0.0186 e. The Kier molecular flexibility index (Phi) is 2.75. The van der Waals surface area contributed by atoms with E-state index in [1.807, 2.05) is 0 Å². The average Bonchev–Trinajstić information content (AvgIpc) is 2.12. The summed E-state index contributed by atoms with van der Waals surface area (Å²) >= 11 is 2.14. The molecule has 64 valence electrons. The molecule has 1 heterocycles. The van der Waals surface area contributed by atoms with Crippen molar-refractivity contribution in [2.45, 2.75) is 31.7 Å². The molecule has 2 aliphatic rings. The van der Waals surface area contributed by atoms with Gasteiger partial charge in [0.25, 0.3) is 0 Å². The molecule has 0 unspecified atom stereocenters. The Morgan fingerprint density at radius 3 is 2.82 bits per heavy atom. The molecule has 2 heteroatoms. The van der Waals surface area contributed by atoms with E-state index in [0.717, 1.165) is 12.0 Å². The minimum atomic E-state index is 0.858. The lowest BCUT2D eigenvalue weighted by molar-refractivity contribution is 0.246. The van der Waals surface area contributed by atoms with Crippen LogP contribution in [-0.2, 0) is 0 Å². The second-order valence-electron chi connectivity index (χ2n) is 3.68. The van der Waals surface area contributed by atoms with Gasteiger partial charge in [0.05, 0.1) is 0 Å². The van der Waals surface area contributed by atoms with E-state index in [1.54, 1.807) is 0 Å². The van der Waals surface area contributed by atoms with E-state index in [0.29, 0.717) is 0 Å². The van der Waals surface area contributed by atoms with E-state index in [1.165, 1.54) is 43.7 Å². The molecule has 1 N–H and O–H groups in total. The Morgan fingerprint density at radius 1 is 1.18 bits per heavy atom. The lowest BCUT2D eigenvalue weighted by Crippen LogP contribution is -2.40. The van der Waals surface area contributed by atoms with Crippen LogP contribution in [0.4, 0.5) is 0 Å². The molecule has 0 amide bonds. The number of thioether (sulfide) groups is 1. The van der Waals surface area contributed by atoms with Gasteiger partial charge in [-0.1, -0.05) is 6.42 Å². The molecule has 0 bridgehead atoms. The van der Waals surface area contributed by atoms with Gasteiger partial charge in [0.1, 0.15) is 0 Å². The van der Waals surface area contributed by atoms with Crippen LogP contribution in [0.3, 0.4) is 0 Å². The highest BCUT2D eigenvalue weighted by atomic mass is 32.2. The summed E-state index contributed by atoms with van der Waals surface area (Å²) in [6.45, 7) is 1.26. The molecule has 0 aromatic carbocycles. The van der Waals surface area contributed by atoms with Crippen LogP contribution in [0.15, 0.2) is 0 Å². The molecule has 0 aromatic heterocycles. The summed E-state index contributed by atoms with van der Waals surface area (Å²) in [6, 6.07) is 0.858. The van der Waals surface area contributed by atoms with E-state index in [4.69, 9.17) is 0 Å². The molecule has 0 radical (unpaired) electrons. The van der Waals surface area contributed by atoms with Gasteiger partial charge in [-0.25, -0.2) is 0 Å². The quantitative estimate of drug-likeness (QED) is 0.646. The Morgan fingerprint density at radius 2 is 2.09 bits per heavy atom. The number of hydrogen-bond donors (Lipinski definition) is 1. The third-order valence-electron chi connectivity index (χ3n) is 2.89. The molecule has 1 saturated carbocycles. The first-order valence-electron chi connectivity index (χ1n) is 4.78. The second-order valence-corrected chi connectivity index (χ2v) is 4.83. The first kappa shape index (κ1) is 7.93. The second kappa shape index (κ2) is 3.81. The van der Waals surface area contributed by atoms with Crippen LogP contribution >= 0.6 is 11.8 Å². The number of hydrogen-bond acceptors (Lipinski definition) is 2. The summed E-state index contributed by atoms with van der Waals surface area (Å²) in [7, 11) is 0. The number of nitrogens with one attached hydrogen (secondary N) is 1. The molecule has 1 aliphatic heterocycles. The van der Waals surface area contributed by atoms with Crippen LogP contribution in [0, 0.1) is 5.92 Å². The van der Waals surface area contributed by atoms with Crippen molar-refractivity contribution in [3.05, 3.63) is 0 Å². The molecule has 1 atom stereocenters. The fourth-order valence-corrected chi connectivity index (χ4v) is 3.03. The van der Waals surface area contributed by atoms with Crippen molar-refractivity contribution in [2.24, 2.45) is 5.92 Å². The van der Waals surface area contributed by atoms with Gasteiger partial charge in [0.15, 0.2) is 0 Å². The summed E-state index contributed by atoms with van der Waals surface area (Å²) in [4.78, 5) is 0. The summed E-state index contributed by atoms with van der Waals surface area (Å²) in [5.74, 6) is 3.77. The first-order chi connectivity index (χ1) is 5.47. The predicted molar refractivity (Wildman–Crippen MR) is 51.1 cm³/mol. The van der Waals surface area contributed by atoms with Crippen LogP contribution in [0.25, 0.3) is 0 Å². The van der Waals surface area contributed by atoms with Gasteiger partial charge in [-0.2, -0.15) is 11.8 Å². The summed E-state index contributed by atoms with van der Waals surface area (Å²) in [5.41, 5.74) is 0. The van der Waals surface area contributed by atoms with E-state index < -0.39 is 0 Å². The van der Waals surface area contributed by atoms with Crippen LogP contribution in [0.2, 0.25) is 0 Å². The van der Waals surface area contributed by atoms with Gasteiger partial charge >= 0.3 is 0 Å². The molecular formula is C9H17NS. The molecule has 2 rings (SSSR count). The predicted octanol–water partition coefficient (Wildman–Crippen LogP) is 1.88. The standard InChI is InChI=1S/C9H17NS/c1-3-8(4-1)9-7-11-6-2-5-10-9/h8-10H,1-7H2/t9-/m1/s1. The smallest absolute Gasteiger partial charge is 0.0186 e. The summed E-state index contributed by atoms with van der Waals surface area (Å²) in [6.07, 6.45) is 5.82. The van der Waals surface area contributed by atoms with Crippen LogP contribution in [0.5, 0.6) is 0 Å². The highest BCUT2D eigenvalue weighted by molar-refractivity contribution is 7.99. The summed E-state index contributed by atoms with van der Waals surface area (Å²) in [5, 5.41) is 3.66. The Bertz CT molecular complexity index is 115. The molecule has 0 aromatic rings. The highest BCUT2D eigenvalue weighted by Crippen LogP contribution is 2.31. The third kappa shape index (κ3) is 1.91. The zero-order valence-electron chi connectivity index (χ0n) is 7.01. The minimum absolute atomic E-state index is 0.858. The van der Waals surface area contributed by atoms with Gasteiger partial charge in [-0.15, -0.1) is 0 Å². The van der Waals surface area contributed by atoms with Crippen molar-refractivity contribution < 1.29 is 0 Å². The van der Waals surface area contributed by atoms with Gasteiger partial charge < -0.3 is 5.32 Å². The maximum atomic E-state index is 3.66. The number of rotatable bonds is 1. The normalized spacial score (nSPS) is 34.4. The van der Waals surface area contributed by atoms with E-state index in [9.17, 15) is 0 Å². The first-order valence-corrected chi connectivity index (χ1v) is 5.93. The Hall–Kier alpha value is 0.310. The van der Waals surface area contributed by atoms with Gasteiger partial charge in [0, 0.05) is 11.8 Å². The summed E-state index contributed by atoms with van der Waals surface area (Å²) < 4.78 is 0. The topological polar surface area (TPSA) is 12.0 Å². The van der Waals surface area contributed by atoms with Gasteiger partial charge in [-0.05, 0) is 37.5 Å². The van der Waals surface area contributed by atoms with E-state index >= 15 is 0 Å². The molecule has 0 spiro atoms. The maximum absolute atomic E-state index is 3.66. The van der Waals surface area contributed by atoms with Crippen molar-refractivity contribution in [1.82, 2.24) is 5.32 Å². The van der Waals surface area contributed by atoms with Gasteiger partial charge in [-0.3, -0.25) is 0 Å². The molecule has 11 heavy (non-hydrogen) atoms. The van der Waals surface area contributed by atoms with Crippen LogP contribution in [0.1, 0.15) is 25.7 Å². The van der Waals surface area contributed by atoms with Crippen molar-refractivity contribution in [2.75, 3.05) is 18.1 Å². The lowest BCUT2D eigenvalue weighted by Gasteiger charge is -2.33. The van der Waals surface area contributed by atoms with Gasteiger partial charge in [0.2, 0.25) is 0 Å². The molecule has 1 nitrogen and oxygen atoms in total. The van der Waals surface area contributed by atoms with Crippen molar-refractivity contribution in [1.29, 1.82) is 0 Å². The largest absolute Gasteiger partial charge is 0.313 e. The molecule has 1 aliphatic carbocycles. The Labute approximate surface area is 73.3 Å². The third-order valence-corrected chi connectivity index (χ3v) is 4.06. The fourth-order valence-electron chi connectivity index (χ4n) is 1.88. The van der Waals surface area contributed by atoms with Crippen molar-refractivity contribution in [3.63, 3.8) is 0 Å². The Balaban J connectivity index is 1.80. The minimum Gasteiger partial charge on any atom is -0.313 e. The van der Waals surface area contributed by atoms with E-state index in [2.05, 4.69) is 17.1 Å². The lowest BCUT2D eigenvalue weighted by atomic mass is 9.80. The zero-order chi connectivity index (χ0) is 7.52. The monoisotopic (exact) mass is 171 g/mol. The van der Waals surface area contributed by atoms with Crippen molar-refractivity contribution >= 4 is 11.8 Å². The highest BCUT2D eigenvalue weighted by Gasteiger charge is 2.27. The molecule has 2 fully saturated rings. The fraction of sp³-hybridized carbons (Fsp3) is 1.00. The van der Waals surface area contributed by atoms with Crippen molar-refractivity contribution in [3.8, 4) is 0 Å². The molecular weight excluding hydrogens is 154 g/mol. The zero-order valence-corrected chi connectivity index (χ0v) is 7.83. The SMILES string of the molecule is C1CN[C@@H](C2CCC2)CSC1. The average molecular weight is 171 g/mol. The van der Waals surface area contributed by atoms with Crippen LogP contribution in [-0.4, -0.2) is 24.1 Å². The molecule has 1 saturated heterocycles.